The van der Waals surface area contributed by atoms with Crippen LogP contribution < -0.4 is 0 Å². The number of nitrogens with zero attached hydrogens (tertiary/aromatic N) is 1. The van der Waals surface area contributed by atoms with E-state index in [0.29, 0.717) is 11.1 Å². The van der Waals surface area contributed by atoms with Gasteiger partial charge in [-0.05, 0) is 29.3 Å². The third-order valence-electron chi connectivity index (χ3n) is 2.81. The molecule has 8 heteroatoms. The summed E-state index contributed by atoms with van der Waals surface area (Å²) in [5, 5.41) is 10.8. The molecule has 5 nitrogen and oxygen atoms in total. The predicted molar refractivity (Wildman–Crippen MR) is 81.8 cm³/mol. The summed E-state index contributed by atoms with van der Waals surface area (Å²) in [7, 11) is -4.72. The van der Waals surface area contributed by atoms with Crippen LogP contribution in [0.2, 0.25) is 5.02 Å². The van der Waals surface area contributed by atoms with E-state index in [-0.39, 0.29) is 10.7 Å². The van der Waals surface area contributed by atoms with E-state index >= 15 is 0 Å². The molecule has 0 aliphatic carbocycles. The maximum Gasteiger partial charge on any atom is 0.332 e. The van der Waals surface area contributed by atoms with Crippen LogP contribution in [-0.4, -0.2) is 13.3 Å². The Kier molecular flexibility index (Phi) is 4.58. The van der Waals surface area contributed by atoms with E-state index in [1.54, 1.807) is 12.2 Å². The smallest absolute Gasteiger partial charge is 0.258 e. The number of nitro groups is 1. The van der Waals surface area contributed by atoms with Crippen LogP contribution in [0.5, 0.6) is 0 Å². The van der Waals surface area contributed by atoms with Crippen LogP contribution in [0.15, 0.2) is 47.4 Å². The van der Waals surface area contributed by atoms with E-state index in [2.05, 4.69) is 0 Å². The molecule has 0 radical (unpaired) electrons. The Labute approximate surface area is 131 Å². The molecule has 0 heterocycles. The standard InChI is InChI=1S/C14H9ClFNO4S/c15-14-9-12(17(18)19)6-5-11(14)4-1-10-2-7-13(8-3-10)22(16,20)21/h1-9H/b4-1+. The van der Waals surface area contributed by atoms with Gasteiger partial charge in [-0.2, -0.15) is 8.42 Å². The highest BCUT2D eigenvalue weighted by atomic mass is 35.5. The van der Waals surface area contributed by atoms with Crippen molar-refractivity contribution in [1.82, 2.24) is 0 Å². The highest BCUT2D eigenvalue weighted by molar-refractivity contribution is 7.86. The van der Waals surface area contributed by atoms with Crippen LogP contribution in [0.25, 0.3) is 12.2 Å². The Morgan fingerprint density at radius 3 is 2.23 bits per heavy atom. The van der Waals surface area contributed by atoms with Gasteiger partial charge in [0, 0.05) is 12.1 Å². The second-order valence-corrected chi connectivity index (χ2v) is 6.06. The lowest BCUT2D eigenvalue weighted by Crippen LogP contribution is -1.90. The number of hydrogen-bond donors (Lipinski definition) is 0. The van der Waals surface area contributed by atoms with Gasteiger partial charge >= 0.3 is 10.2 Å². The molecule has 0 unspecified atom stereocenters. The SMILES string of the molecule is O=[N+]([O-])c1ccc(/C=C/c2ccc(S(=O)(=O)F)cc2)c(Cl)c1. The van der Waals surface area contributed by atoms with Gasteiger partial charge in [0.15, 0.2) is 0 Å². The molecule has 0 saturated carbocycles. The minimum atomic E-state index is -4.72. The average molecular weight is 342 g/mol. The van der Waals surface area contributed by atoms with Gasteiger partial charge in [-0.15, -0.1) is 3.89 Å². The summed E-state index contributed by atoms with van der Waals surface area (Å²) in [5.74, 6) is 0. The first-order chi connectivity index (χ1) is 10.3. The first-order valence-electron chi connectivity index (χ1n) is 5.94. The Balaban J connectivity index is 2.23. The summed E-state index contributed by atoms with van der Waals surface area (Å²) in [4.78, 5) is 9.64. The first kappa shape index (κ1) is 16.1. The Morgan fingerprint density at radius 1 is 1.09 bits per heavy atom. The third-order valence-corrected chi connectivity index (χ3v) is 3.97. The fraction of sp³-hybridized carbons (Fsp3) is 0. The summed E-state index contributed by atoms with van der Waals surface area (Å²) in [6.07, 6.45) is 3.24. The molecule has 2 aromatic carbocycles. The van der Waals surface area contributed by atoms with Crippen LogP contribution in [-0.2, 0) is 10.2 Å². The van der Waals surface area contributed by atoms with Crippen molar-refractivity contribution in [3.63, 3.8) is 0 Å². The largest absolute Gasteiger partial charge is 0.332 e. The molecule has 0 fully saturated rings. The first-order valence-corrected chi connectivity index (χ1v) is 7.70. The summed E-state index contributed by atoms with van der Waals surface area (Å²) >= 11 is 5.94. The van der Waals surface area contributed by atoms with Gasteiger partial charge in [-0.25, -0.2) is 0 Å². The van der Waals surface area contributed by atoms with Crippen LogP contribution in [0.1, 0.15) is 11.1 Å². The number of halogens is 2. The lowest BCUT2D eigenvalue weighted by molar-refractivity contribution is -0.384. The summed E-state index contributed by atoms with van der Waals surface area (Å²) in [6, 6.07) is 9.21. The molecule has 0 aliphatic heterocycles. The number of non-ortho nitro benzene ring substituents is 1. The van der Waals surface area contributed by atoms with E-state index in [1.807, 2.05) is 0 Å². The fourth-order valence-corrected chi connectivity index (χ4v) is 2.39. The third kappa shape index (κ3) is 3.90. The minimum absolute atomic E-state index is 0.111. The monoisotopic (exact) mass is 341 g/mol. The molecule has 0 aliphatic rings. The molecule has 114 valence electrons. The van der Waals surface area contributed by atoms with Crippen molar-refractivity contribution < 1.29 is 17.2 Å². The number of hydrogen-bond acceptors (Lipinski definition) is 4. The van der Waals surface area contributed by atoms with E-state index in [9.17, 15) is 22.4 Å². The lowest BCUT2D eigenvalue weighted by atomic mass is 10.1. The Bertz CT molecular complexity index is 848. The van der Waals surface area contributed by atoms with Crippen LogP contribution >= 0.6 is 11.6 Å². The van der Waals surface area contributed by atoms with Gasteiger partial charge in [-0.1, -0.05) is 35.9 Å². The van der Waals surface area contributed by atoms with E-state index in [1.165, 1.54) is 30.3 Å². The van der Waals surface area contributed by atoms with Crippen molar-refractivity contribution in [3.05, 3.63) is 68.7 Å². The second-order valence-electron chi connectivity index (χ2n) is 4.30. The minimum Gasteiger partial charge on any atom is -0.258 e. The highest BCUT2D eigenvalue weighted by Crippen LogP contribution is 2.24. The van der Waals surface area contributed by atoms with Gasteiger partial charge in [0.1, 0.15) is 0 Å². The zero-order valence-corrected chi connectivity index (χ0v) is 12.5. The van der Waals surface area contributed by atoms with Gasteiger partial charge in [0.2, 0.25) is 0 Å². The van der Waals surface area contributed by atoms with Gasteiger partial charge in [0.25, 0.3) is 5.69 Å². The normalized spacial score (nSPS) is 11.7. The van der Waals surface area contributed by atoms with Gasteiger partial charge in [-0.3, -0.25) is 10.1 Å². The van der Waals surface area contributed by atoms with Crippen molar-refractivity contribution in [2.24, 2.45) is 0 Å². The molecule has 0 saturated heterocycles. The molecule has 0 spiro atoms. The lowest BCUT2D eigenvalue weighted by Gasteiger charge is -1.99. The van der Waals surface area contributed by atoms with Crippen molar-refractivity contribution in [3.8, 4) is 0 Å². The Morgan fingerprint density at radius 2 is 1.73 bits per heavy atom. The fourth-order valence-electron chi connectivity index (χ4n) is 1.69. The topological polar surface area (TPSA) is 77.3 Å². The van der Waals surface area contributed by atoms with E-state index in [0.717, 1.165) is 12.1 Å². The number of rotatable bonds is 4. The van der Waals surface area contributed by atoms with Crippen LogP contribution in [0.4, 0.5) is 9.57 Å². The molecule has 2 rings (SSSR count). The summed E-state index contributed by atoms with van der Waals surface area (Å²) < 4.78 is 34.1. The highest BCUT2D eigenvalue weighted by Gasteiger charge is 2.10. The zero-order valence-electron chi connectivity index (χ0n) is 10.9. The van der Waals surface area contributed by atoms with E-state index < -0.39 is 20.0 Å². The summed E-state index contributed by atoms with van der Waals surface area (Å²) in [6.45, 7) is 0. The van der Waals surface area contributed by atoms with Crippen molar-refractivity contribution in [2.75, 3.05) is 0 Å². The summed E-state index contributed by atoms with van der Waals surface area (Å²) in [5.41, 5.74) is 1.08. The second kappa shape index (κ2) is 6.25. The zero-order chi connectivity index (χ0) is 16.3. The van der Waals surface area contributed by atoms with Crippen molar-refractivity contribution in [1.29, 1.82) is 0 Å². The Hall–Kier alpha value is -2.25. The number of benzene rings is 2. The predicted octanol–water partition coefficient (Wildman–Crippen LogP) is 4.08. The molecule has 0 N–H and O–H groups in total. The molecule has 0 atom stereocenters. The van der Waals surface area contributed by atoms with Gasteiger partial charge in [0.05, 0.1) is 14.8 Å². The molecule has 0 amide bonds. The molecule has 0 bridgehead atoms. The van der Waals surface area contributed by atoms with Crippen molar-refractivity contribution >= 4 is 39.7 Å². The average Bonchev–Trinajstić information content (AvgIpc) is 2.45. The molecule has 22 heavy (non-hydrogen) atoms. The quantitative estimate of drug-likeness (QED) is 0.363. The number of nitro benzene ring substituents is 1. The van der Waals surface area contributed by atoms with Crippen LogP contribution in [0, 0.1) is 10.1 Å². The van der Waals surface area contributed by atoms with Crippen LogP contribution in [0.3, 0.4) is 0 Å². The maximum absolute atomic E-state index is 12.7. The van der Waals surface area contributed by atoms with E-state index in [4.69, 9.17) is 11.6 Å². The molecule has 0 aromatic heterocycles. The maximum atomic E-state index is 12.7. The molecular formula is C14H9ClFNO4S. The van der Waals surface area contributed by atoms with Gasteiger partial charge < -0.3 is 0 Å². The molecule has 2 aromatic rings. The molecular weight excluding hydrogens is 333 g/mol. The van der Waals surface area contributed by atoms with Crippen molar-refractivity contribution in [2.45, 2.75) is 4.90 Å².